The lowest BCUT2D eigenvalue weighted by Crippen LogP contribution is -2.26. The number of nitrogens with one attached hydrogen (secondary N) is 1. The van der Waals surface area contributed by atoms with Crippen LogP contribution in [-0.2, 0) is 16.0 Å². The lowest BCUT2D eigenvalue weighted by atomic mass is 10.0. The van der Waals surface area contributed by atoms with Crippen LogP contribution in [0.4, 0.5) is 11.4 Å². The molecule has 1 aliphatic heterocycles. The van der Waals surface area contributed by atoms with Crippen LogP contribution in [0, 0.1) is 11.3 Å². The first kappa shape index (κ1) is 12.1. The summed E-state index contributed by atoms with van der Waals surface area (Å²) in [5, 5.41) is 11.3. The zero-order chi connectivity index (χ0) is 13.1. The highest BCUT2D eigenvalue weighted by atomic mass is 16.2. The van der Waals surface area contributed by atoms with E-state index in [0.717, 1.165) is 16.9 Å². The second-order valence-corrected chi connectivity index (χ2v) is 4.18. The number of carbonyl (C=O) groups is 2. The van der Waals surface area contributed by atoms with Crippen LogP contribution in [0.5, 0.6) is 0 Å². The van der Waals surface area contributed by atoms with Gasteiger partial charge in [0.1, 0.15) is 6.42 Å². The quantitative estimate of drug-likeness (QED) is 0.854. The Bertz CT molecular complexity index is 546. The molecule has 1 heterocycles. The van der Waals surface area contributed by atoms with Crippen molar-refractivity contribution in [3.63, 3.8) is 0 Å². The molecule has 0 bridgehead atoms. The van der Waals surface area contributed by atoms with Gasteiger partial charge < -0.3 is 10.2 Å². The van der Waals surface area contributed by atoms with E-state index in [9.17, 15) is 9.59 Å². The molecule has 5 nitrogen and oxygen atoms in total. The summed E-state index contributed by atoms with van der Waals surface area (Å²) >= 11 is 0. The predicted octanol–water partition coefficient (Wildman–Crippen LogP) is 1.45. The zero-order valence-corrected chi connectivity index (χ0v) is 10.1. The number of benzene rings is 1. The van der Waals surface area contributed by atoms with Gasteiger partial charge >= 0.3 is 0 Å². The molecule has 1 N–H and O–H groups in total. The van der Waals surface area contributed by atoms with Gasteiger partial charge in [-0.05, 0) is 30.2 Å². The molecule has 0 unspecified atom stereocenters. The molecule has 0 radical (unpaired) electrons. The largest absolute Gasteiger partial charge is 0.326 e. The molecule has 2 rings (SSSR count). The van der Waals surface area contributed by atoms with Crippen molar-refractivity contribution in [1.82, 2.24) is 0 Å². The van der Waals surface area contributed by atoms with Crippen LogP contribution in [0.2, 0.25) is 0 Å². The summed E-state index contributed by atoms with van der Waals surface area (Å²) < 4.78 is 0. The first-order chi connectivity index (χ1) is 8.61. The first-order valence-electron chi connectivity index (χ1n) is 5.68. The topological polar surface area (TPSA) is 73.2 Å². The maximum absolute atomic E-state index is 11.6. The van der Waals surface area contributed by atoms with Crippen LogP contribution < -0.4 is 10.2 Å². The van der Waals surface area contributed by atoms with Gasteiger partial charge in [-0.2, -0.15) is 5.26 Å². The molecule has 92 valence electrons. The molecule has 0 fully saturated rings. The van der Waals surface area contributed by atoms with Crippen molar-refractivity contribution in [3.05, 3.63) is 23.8 Å². The minimum absolute atomic E-state index is 0.0177. The smallest absolute Gasteiger partial charge is 0.240 e. The molecule has 0 saturated heterocycles. The summed E-state index contributed by atoms with van der Waals surface area (Å²) in [7, 11) is 1.64. The molecule has 0 spiro atoms. The number of hydrogen-bond donors (Lipinski definition) is 1. The number of hydrogen-bond acceptors (Lipinski definition) is 3. The summed E-state index contributed by atoms with van der Waals surface area (Å²) in [6.07, 6.45) is 1.01. The molecule has 5 heteroatoms. The Morgan fingerprint density at radius 1 is 1.50 bits per heavy atom. The number of nitriles is 1. The van der Waals surface area contributed by atoms with Gasteiger partial charge in [0.25, 0.3) is 0 Å². The van der Waals surface area contributed by atoms with E-state index in [2.05, 4.69) is 5.32 Å². The van der Waals surface area contributed by atoms with E-state index in [1.165, 1.54) is 4.90 Å². The number of aryl methyl sites for hydroxylation is 1. The minimum Gasteiger partial charge on any atom is -0.326 e. The third-order valence-electron chi connectivity index (χ3n) is 2.98. The SMILES string of the molecule is CN(C(=O)CC#N)c1ccc2c(c1)CCC(=O)N2. The zero-order valence-electron chi connectivity index (χ0n) is 10.1. The van der Waals surface area contributed by atoms with Gasteiger partial charge in [-0.15, -0.1) is 0 Å². The molecule has 0 aliphatic carbocycles. The first-order valence-corrected chi connectivity index (χ1v) is 5.68. The Labute approximate surface area is 105 Å². The van der Waals surface area contributed by atoms with Gasteiger partial charge in [0, 0.05) is 24.8 Å². The van der Waals surface area contributed by atoms with Crippen LogP contribution in [-0.4, -0.2) is 18.9 Å². The number of rotatable bonds is 2. The fraction of sp³-hybridized carbons (Fsp3) is 0.308. The molecule has 1 aromatic carbocycles. The van der Waals surface area contributed by atoms with E-state index in [1.54, 1.807) is 19.2 Å². The lowest BCUT2D eigenvalue weighted by Gasteiger charge is -2.21. The third kappa shape index (κ3) is 2.33. The Balaban J connectivity index is 2.24. The van der Waals surface area contributed by atoms with Gasteiger partial charge in [0.2, 0.25) is 11.8 Å². The lowest BCUT2D eigenvalue weighted by molar-refractivity contribution is -0.117. The standard InChI is InChI=1S/C13H13N3O2/c1-16(13(18)6-7-14)10-3-4-11-9(8-10)2-5-12(17)15-11/h3-4,8H,2,5-6H2,1H3,(H,15,17). The van der Waals surface area contributed by atoms with Crippen LogP contribution in [0.25, 0.3) is 0 Å². The van der Waals surface area contributed by atoms with Crippen molar-refractivity contribution >= 4 is 23.2 Å². The van der Waals surface area contributed by atoms with Gasteiger partial charge in [-0.3, -0.25) is 9.59 Å². The average molecular weight is 243 g/mol. The van der Waals surface area contributed by atoms with Crippen LogP contribution in [0.1, 0.15) is 18.4 Å². The monoisotopic (exact) mass is 243 g/mol. The highest BCUT2D eigenvalue weighted by molar-refractivity contribution is 5.96. The molecule has 2 amide bonds. The highest BCUT2D eigenvalue weighted by Gasteiger charge is 2.17. The third-order valence-corrected chi connectivity index (χ3v) is 2.98. The second-order valence-electron chi connectivity index (χ2n) is 4.18. The highest BCUT2D eigenvalue weighted by Crippen LogP contribution is 2.27. The van der Waals surface area contributed by atoms with Gasteiger partial charge in [0.05, 0.1) is 6.07 Å². The van der Waals surface area contributed by atoms with Crippen molar-refractivity contribution in [2.24, 2.45) is 0 Å². The number of nitrogens with zero attached hydrogens (tertiary/aromatic N) is 2. The van der Waals surface area contributed by atoms with Crippen LogP contribution in [0.15, 0.2) is 18.2 Å². The summed E-state index contributed by atoms with van der Waals surface area (Å²) in [6, 6.07) is 7.27. The van der Waals surface area contributed by atoms with E-state index in [-0.39, 0.29) is 18.2 Å². The molecule has 1 aliphatic rings. The normalized spacial score (nSPS) is 13.2. The summed E-state index contributed by atoms with van der Waals surface area (Å²) in [5.41, 5.74) is 2.56. The van der Waals surface area contributed by atoms with Crippen molar-refractivity contribution in [1.29, 1.82) is 5.26 Å². The second kappa shape index (κ2) is 4.88. The maximum atomic E-state index is 11.6. The van der Waals surface area contributed by atoms with Crippen molar-refractivity contribution < 1.29 is 9.59 Å². The van der Waals surface area contributed by atoms with E-state index in [0.29, 0.717) is 12.8 Å². The summed E-state index contributed by atoms with van der Waals surface area (Å²) in [4.78, 5) is 24.3. The van der Waals surface area contributed by atoms with Gasteiger partial charge in [0.15, 0.2) is 0 Å². The van der Waals surface area contributed by atoms with Gasteiger partial charge in [-0.25, -0.2) is 0 Å². The Morgan fingerprint density at radius 2 is 2.28 bits per heavy atom. The minimum atomic E-state index is -0.239. The summed E-state index contributed by atoms with van der Waals surface area (Å²) in [5.74, 6) is -0.221. The Kier molecular flexibility index (Phi) is 3.28. The van der Waals surface area contributed by atoms with Crippen molar-refractivity contribution in [2.45, 2.75) is 19.3 Å². The summed E-state index contributed by atoms with van der Waals surface area (Å²) in [6.45, 7) is 0. The van der Waals surface area contributed by atoms with Crippen LogP contribution in [0.3, 0.4) is 0 Å². The Morgan fingerprint density at radius 3 is 3.00 bits per heavy atom. The molecule has 0 aromatic heterocycles. The molecule has 1 aromatic rings. The van der Waals surface area contributed by atoms with E-state index < -0.39 is 0 Å². The molecule has 0 saturated carbocycles. The number of carbonyl (C=O) groups excluding carboxylic acids is 2. The number of fused-ring (bicyclic) bond motifs is 1. The van der Waals surface area contributed by atoms with Gasteiger partial charge in [-0.1, -0.05) is 0 Å². The fourth-order valence-electron chi connectivity index (χ4n) is 1.91. The fourth-order valence-corrected chi connectivity index (χ4v) is 1.91. The van der Waals surface area contributed by atoms with Crippen LogP contribution >= 0.6 is 0 Å². The number of anilines is 2. The molecular formula is C13H13N3O2. The van der Waals surface area contributed by atoms with E-state index in [1.807, 2.05) is 12.1 Å². The average Bonchev–Trinajstić information content (AvgIpc) is 2.37. The molecule has 0 atom stereocenters. The molecular weight excluding hydrogens is 230 g/mol. The van der Waals surface area contributed by atoms with Crippen molar-refractivity contribution in [2.75, 3.05) is 17.3 Å². The predicted molar refractivity (Wildman–Crippen MR) is 67.0 cm³/mol. The van der Waals surface area contributed by atoms with E-state index >= 15 is 0 Å². The Hall–Kier alpha value is -2.35. The maximum Gasteiger partial charge on any atom is 0.240 e. The van der Waals surface area contributed by atoms with E-state index in [4.69, 9.17) is 5.26 Å². The van der Waals surface area contributed by atoms with Crippen molar-refractivity contribution in [3.8, 4) is 6.07 Å². The number of amides is 2. The molecule has 18 heavy (non-hydrogen) atoms.